The van der Waals surface area contributed by atoms with Crippen molar-refractivity contribution in [2.24, 2.45) is 0 Å². The molecule has 1 heterocycles. The molecule has 5 nitrogen and oxygen atoms in total. The van der Waals surface area contributed by atoms with Crippen molar-refractivity contribution in [3.63, 3.8) is 0 Å². The molecule has 0 bridgehead atoms. The second kappa shape index (κ2) is 7.56. The van der Waals surface area contributed by atoms with E-state index in [1.54, 1.807) is 41.3 Å². The van der Waals surface area contributed by atoms with Gasteiger partial charge in [-0.05, 0) is 54.8 Å². The largest absolute Gasteiger partial charge is 0.457 e. The Morgan fingerprint density at radius 2 is 1.82 bits per heavy atom. The van der Waals surface area contributed by atoms with E-state index in [0.717, 1.165) is 18.4 Å². The van der Waals surface area contributed by atoms with Crippen LogP contribution in [0.2, 0.25) is 10.0 Å². The molecule has 1 atom stereocenters. The molecule has 1 N–H and O–H groups in total. The van der Waals surface area contributed by atoms with Crippen LogP contribution in [0.4, 0.5) is 0 Å². The summed E-state index contributed by atoms with van der Waals surface area (Å²) < 4.78 is 7.40. The van der Waals surface area contributed by atoms with E-state index in [-0.39, 0.29) is 6.54 Å². The second-order valence-corrected chi connectivity index (χ2v) is 8.64. The highest BCUT2D eigenvalue weighted by atomic mass is 35.5. The van der Waals surface area contributed by atoms with Crippen molar-refractivity contribution in [2.75, 3.05) is 0 Å². The van der Waals surface area contributed by atoms with Crippen molar-refractivity contribution in [1.29, 1.82) is 0 Å². The van der Waals surface area contributed by atoms with E-state index in [1.165, 1.54) is 6.33 Å². The Kier molecular flexibility index (Phi) is 5.27. The van der Waals surface area contributed by atoms with Gasteiger partial charge in [0.25, 0.3) is 0 Å². The molecular weight excluding hydrogens is 421 g/mol. The van der Waals surface area contributed by atoms with Crippen LogP contribution in [-0.4, -0.2) is 30.3 Å². The third-order valence-electron chi connectivity index (χ3n) is 4.97. The second-order valence-electron chi connectivity index (χ2n) is 7.08. The summed E-state index contributed by atoms with van der Waals surface area (Å²) in [6, 6.07) is 12.5. The molecule has 1 fully saturated rings. The first kappa shape index (κ1) is 19.5. The van der Waals surface area contributed by atoms with Crippen LogP contribution in [0.1, 0.15) is 18.4 Å². The predicted octanol–water partition coefficient (Wildman–Crippen LogP) is 5.12. The fourth-order valence-electron chi connectivity index (χ4n) is 3.20. The average Bonchev–Trinajstić information content (AvgIpc) is 3.22. The van der Waals surface area contributed by atoms with E-state index in [2.05, 4.69) is 10.1 Å². The monoisotopic (exact) mass is 437 g/mol. The van der Waals surface area contributed by atoms with Gasteiger partial charge in [0.2, 0.25) is 0 Å². The summed E-state index contributed by atoms with van der Waals surface area (Å²) >= 11 is 19.0. The molecule has 1 saturated carbocycles. The first-order valence-electron chi connectivity index (χ1n) is 8.82. The summed E-state index contributed by atoms with van der Waals surface area (Å²) in [5.41, 5.74) is -0.399. The number of benzene rings is 2. The number of nitrogens with zero attached hydrogens (tertiary/aromatic N) is 3. The van der Waals surface area contributed by atoms with Crippen LogP contribution in [0.15, 0.2) is 55.1 Å². The van der Waals surface area contributed by atoms with Crippen molar-refractivity contribution in [2.45, 2.75) is 36.3 Å². The number of alkyl halides is 1. The van der Waals surface area contributed by atoms with Crippen LogP contribution in [0.3, 0.4) is 0 Å². The Bertz CT molecular complexity index is 959. The summed E-state index contributed by atoms with van der Waals surface area (Å²) in [6.45, 7) is 0.246. The van der Waals surface area contributed by atoms with Gasteiger partial charge in [0.15, 0.2) is 0 Å². The molecule has 1 aliphatic rings. The van der Waals surface area contributed by atoms with E-state index in [0.29, 0.717) is 28.0 Å². The minimum absolute atomic E-state index is 0.246. The average molecular weight is 439 g/mol. The maximum absolute atomic E-state index is 11.4. The molecule has 0 spiro atoms. The highest BCUT2D eigenvalue weighted by Gasteiger charge is 2.58. The summed E-state index contributed by atoms with van der Waals surface area (Å²) in [5, 5.41) is 16.6. The Morgan fingerprint density at radius 1 is 1.11 bits per heavy atom. The first-order valence-corrected chi connectivity index (χ1v) is 9.96. The zero-order valence-corrected chi connectivity index (χ0v) is 17.1. The van der Waals surface area contributed by atoms with Crippen molar-refractivity contribution in [3.8, 4) is 11.5 Å². The summed E-state index contributed by atoms with van der Waals surface area (Å²) in [6.07, 6.45) is 4.79. The number of hydrogen-bond acceptors (Lipinski definition) is 4. The van der Waals surface area contributed by atoms with Crippen molar-refractivity contribution >= 4 is 34.8 Å². The smallest absolute Gasteiger partial charge is 0.137 e. The van der Waals surface area contributed by atoms with Gasteiger partial charge in [0.05, 0.1) is 11.4 Å². The van der Waals surface area contributed by atoms with Crippen molar-refractivity contribution < 1.29 is 9.84 Å². The van der Waals surface area contributed by atoms with Gasteiger partial charge in [-0.15, -0.1) is 11.6 Å². The standard InChI is InChI=1S/C20H18Cl3N3O2/c21-15-2-5-16(6-3-15)28-17-4-1-14(18(22)9-17)10-20(27,19(23)7-8-19)11-26-13-24-12-25-26/h1-6,9,12-13,27H,7-8,10-11H2. The number of aromatic nitrogens is 3. The predicted molar refractivity (Wildman–Crippen MR) is 109 cm³/mol. The highest BCUT2D eigenvalue weighted by molar-refractivity contribution is 6.31. The molecule has 146 valence electrons. The summed E-state index contributed by atoms with van der Waals surface area (Å²) in [4.78, 5) is 3.26. The Hall–Kier alpha value is -1.79. The lowest BCUT2D eigenvalue weighted by Gasteiger charge is -2.33. The number of ether oxygens (including phenoxy) is 1. The van der Waals surface area contributed by atoms with Crippen LogP contribution in [-0.2, 0) is 13.0 Å². The maximum Gasteiger partial charge on any atom is 0.137 e. The molecule has 1 aliphatic carbocycles. The molecule has 0 saturated heterocycles. The van der Waals surface area contributed by atoms with Crippen molar-refractivity contribution in [1.82, 2.24) is 14.8 Å². The molecule has 1 unspecified atom stereocenters. The number of rotatable bonds is 7. The van der Waals surface area contributed by atoms with Crippen LogP contribution >= 0.6 is 34.8 Å². The molecule has 8 heteroatoms. The fourth-order valence-corrected chi connectivity index (χ4v) is 3.79. The number of aliphatic hydroxyl groups is 1. The van der Waals surface area contributed by atoms with Crippen LogP contribution in [0.5, 0.6) is 11.5 Å². The lowest BCUT2D eigenvalue weighted by molar-refractivity contribution is 0.00765. The molecule has 3 aromatic rings. The lowest BCUT2D eigenvalue weighted by Crippen LogP contribution is -2.47. The zero-order chi connectivity index (χ0) is 19.8. The van der Waals surface area contributed by atoms with E-state index >= 15 is 0 Å². The molecule has 28 heavy (non-hydrogen) atoms. The van der Waals surface area contributed by atoms with E-state index in [1.807, 2.05) is 12.1 Å². The fraction of sp³-hybridized carbons (Fsp3) is 0.300. The molecule has 0 radical (unpaired) electrons. The van der Waals surface area contributed by atoms with Gasteiger partial charge < -0.3 is 9.84 Å². The highest BCUT2D eigenvalue weighted by Crippen LogP contribution is 2.53. The van der Waals surface area contributed by atoms with Gasteiger partial charge in [0, 0.05) is 16.5 Å². The Labute approximate surface area is 177 Å². The van der Waals surface area contributed by atoms with Gasteiger partial charge in [0.1, 0.15) is 29.8 Å². The van der Waals surface area contributed by atoms with Crippen LogP contribution < -0.4 is 4.74 Å². The lowest BCUT2D eigenvalue weighted by atomic mass is 9.89. The van der Waals surface area contributed by atoms with Crippen molar-refractivity contribution in [3.05, 3.63) is 70.7 Å². The van der Waals surface area contributed by atoms with E-state index < -0.39 is 10.5 Å². The number of hydrogen-bond donors (Lipinski definition) is 1. The molecule has 4 rings (SSSR count). The van der Waals surface area contributed by atoms with Gasteiger partial charge in [-0.3, -0.25) is 0 Å². The van der Waals surface area contributed by atoms with Crippen LogP contribution in [0.25, 0.3) is 0 Å². The summed E-state index contributed by atoms with van der Waals surface area (Å²) in [5.74, 6) is 1.26. The van der Waals surface area contributed by atoms with Gasteiger partial charge in [-0.25, -0.2) is 9.67 Å². The first-order chi connectivity index (χ1) is 13.4. The van der Waals surface area contributed by atoms with Crippen LogP contribution in [0, 0.1) is 0 Å². The molecule has 1 aromatic heterocycles. The zero-order valence-electron chi connectivity index (χ0n) is 14.9. The molecular formula is C20H18Cl3N3O2. The molecule has 2 aromatic carbocycles. The summed E-state index contributed by atoms with van der Waals surface area (Å²) in [7, 11) is 0. The van der Waals surface area contributed by atoms with E-state index in [9.17, 15) is 5.11 Å². The van der Waals surface area contributed by atoms with Gasteiger partial charge in [-0.1, -0.05) is 29.3 Å². The SMILES string of the molecule is OC(Cc1ccc(Oc2ccc(Cl)cc2)cc1Cl)(Cn1cncn1)C1(Cl)CC1. The van der Waals surface area contributed by atoms with Gasteiger partial charge in [-0.2, -0.15) is 5.10 Å². The Morgan fingerprint density at radius 3 is 2.43 bits per heavy atom. The normalized spacial score (nSPS) is 17.1. The molecule has 0 aliphatic heterocycles. The van der Waals surface area contributed by atoms with Gasteiger partial charge >= 0.3 is 0 Å². The minimum atomic E-state index is -1.19. The Balaban J connectivity index is 1.53. The third-order valence-corrected chi connectivity index (χ3v) is 6.30. The maximum atomic E-state index is 11.4. The molecule has 0 amide bonds. The minimum Gasteiger partial charge on any atom is -0.457 e. The number of halogens is 3. The topological polar surface area (TPSA) is 60.2 Å². The third kappa shape index (κ3) is 4.13. The quantitative estimate of drug-likeness (QED) is 0.520. The van der Waals surface area contributed by atoms with E-state index in [4.69, 9.17) is 39.5 Å².